The lowest BCUT2D eigenvalue weighted by Gasteiger charge is -2.11. The number of carbonyl (C=O) groups is 1. The maximum Gasteiger partial charge on any atom is 0.250 e. The number of anilines is 1. The van der Waals surface area contributed by atoms with Crippen LogP contribution in [0.25, 0.3) is 16.3 Å². The molecule has 2 aromatic carbocycles. The number of unbranched alkanes of at least 4 members (excludes halogenated alkanes) is 2. The molecule has 0 aliphatic rings. The van der Waals surface area contributed by atoms with E-state index in [1.54, 1.807) is 25.3 Å². The van der Waals surface area contributed by atoms with E-state index in [1.165, 1.54) is 23.5 Å². The van der Waals surface area contributed by atoms with Gasteiger partial charge in [0.05, 0.1) is 18.4 Å². The number of benzene rings is 2. The Bertz CT molecular complexity index is 1020. The number of fused-ring (bicyclic) bond motifs is 1. The Labute approximate surface area is 173 Å². The molecule has 0 fully saturated rings. The normalized spacial score (nSPS) is 11.1. The molecule has 1 N–H and O–H groups in total. The Balaban J connectivity index is 1.63. The third-order valence-corrected chi connectivity index (χ3v) is 5.16. The van der Waals surface area contributed by atoms with Crippen LogP contribution in [0.15, 0.2) is 42.5 Å². The molecule has 1 amide bonds. The molecule has 1 aromatic heterocycles. The van der Waals surface area contributed by atoms with Gasteiger partial charge >= 0.3 is 0 Å². The minimum Gasteiger partial charge on any atom is -0.493 e. The van der Waals surface area contributed by atoms with Gasteiger partial charge in [-0.1, -0.05) is 43.2 Å². The third-order valence-electron chi connectivity index (χ3n) is 4.22. The summed E-state index contributed by atoms with van der Waals surface area (Å²) in [5, 5.41) is 3.02. The monoisotopic (exact) mass is 414 g/mol. The van der Waals surface area contributed by atoms with Crippen LogP contribution in [0.3, 0.4) is 0 Å². The molecule has 29 heavy (non-hydrogen) atoms. The molecule has 0 atom stereocenters. The average Bonchev–Trinajstić information content (AvgIpc) is 3.14. The summed E-state index contributed by atoms with van der Waals surface area (Å²) >= 11 is 1.23. The topological polar surface area (TPSA) is 60.5 Å². The zero-order chi connectivity index (χ0) is 20.6. The molecule has 0 aliphatic heterocycles. The number of nitrogens with zero attached hydrogens (tertiary/aromatic N) is 1. The first kappa shape index (κ1) is 20.8. The van der Waals surface area contributed by atoms with Gasteiger partial charge in [-0.3, -0.25) is 10.1 Å². The summed E-state index contributed by atoms with van der Waals surface area (Å²) < 4.78 is 25.6. The minimum absolute atomic E-state index is 0.260. The van der Waals surface area contributed by atoms with E-state index < -0.39 is 5.82 Å². The summed E-state index contributed by atoms with van der Waals surface area (Å²) in [5.41, 5.74) is 1.06. The van der Waals surface area contributed by atoms with E-state index in [2.05, 4.69) is 17.2 Å². The lowest BCUT2D eigenvalue weighted by Crippen LogP contribution is -2.07. The van der Waals surface area contributed by atoms with Gasteiger partial charge in [0.1, 0.15) is 11.3 Å². The second-order valence-corrected chi connectivity index (χ2v) is 7.42. The van der Waals surface area contributed by atoms with Crippen LogP contribution in [0.1, 0.15) is 31.7 Å². The van der Waals surface area contributed by atoms with Crippen molar-refractivity contribution < 1.29 is 18.7 Å². The molecule has 0 spiro atoms. The molecular weight excluding hydrogens is 391 g/mol. The standard InChI is InChI=1S/C22H23FN2O3S/c1-3-4-5-13-28-17-11-9-15(14-18(17)27-2)10-12-20(26)24-22-25-21-16(23)7-6-8-19(21)29-22/h6-12,14H,3-5,13H2,1-2H3,(H,24,25,26)/b12-10+. The zero-order valence-corrected chi connectivity index (χ0v) is 17.2. The van der Waals surface area contributed by atoms with Gasteiger partial charge in [-0.15, -0.1) is 0 Å². The fourth-order valence-electron chi connectivity index (χ4n) is 2.73. The molecule has 0 saturated carbocycles. The molecule has 7 heteroatoms. The van der Waals surface area contributed by atoms with Gasteiger partial charge in [-0.05, 0) is 42.3 Å². The van der Waals surface area contributed by atoms with Crippen molar-refractivity contribution in [2.75, 3.05) is 19.0 Å². The summed E-state index contributed by atoms with van der Waals surface area (Å²) in [4.78, 5) is 16.3. The zero-order valence-electron chi connectivity index (χ0n) is 16.4. The molecule has 0 unspecified atom stereocenters. The maximum atomic E-state index is 13.7. The van der Waals surface area contributed by atoms with Crippen LogP contribution in [-0.4, -0.2) is 24.6 Å². The molecule has 1 heterocycles. The Morgan fingerprint density at radius 1 is 1.24 bits per heavy atom. The number of amides is 1. The summed E-state index contributed by atoms with van der Waals surface area (Å²) in [5.74, 6) is 0.551. The highest BCUT2D eigenvalue weighted by molar-refractivity contribution is 7.22. The van der Waals surface area contributed by atoms with E-state index in [4.69, 9.17) is 9.47 Å². The number of hydrogen-bond acceptors (Lipinski definition) is 5. The number of nitrogens with one attached hydrogen (secondary N) is 1. The molecule has 152 valence electrons. The molecule has 0 aliphatic carbocycles. The number of hydrogen-bond donors (Lipinski definition) is 1. The Morgan fingerprint density at radius 3 is 2.86 bits per heavy atom. The quantitative estimate of drug-likeness (QED) is 0.362. The van der Waals surface area contributed by atoms with E-state index in [1.807, 2.05) is 18.2 Å². The largest absolute Gasteiger partial charge is 0.493 e. The number of thiazole rings is 1. The number of rotatable bonds is 9. The van der Waals surface area contributed by atoms with Crippen LogP contribution in [0.4, 0.5) is 9.52 Å². The van der Waals surface area contributed by atoms with Crippen molar-refractivity contribution in [1.82, 2.24) is 4.98 Å². The van der Waals surface area contributed by atoms with Crippen molar-refractivity contribution in [2.45, 2.75) is 26.2 Å². The van der Waals surface area contributed by atoms with Crippen LogP contribution in [-0.2, 0) is 4.79 Å². The van der Waals surface area contributed by atoms with E-state index in [9.17, 15) is 9.18 Å². The average molecular weight is 415 g/mol. The summed E-state index contributed by atoms with van der Waals surface area (Å²) in [6.07, 6.45) is 6.33. The number of carbonyl (C=O) groups excluding carboxylic acids is 1. The molecule has 5 nitrogen and oxygen atoms in total. The first-order valence-electron chi connectivity index (χ1n) is 9.45. The van der Waals surface area contributed by atoms with Gasteiger partial charge in [-0.25, -0.2) is 9.37 Å². The van der Waals surface area contributed by atoms with Crippen molar-refractivity contribution in [1.29, 1.82) is 0 Å². The van der Waals surface area contributed by atoms with Gasteiger partial charge in [-0.2, -0.15) is 0 Å². The van der Waals surface area contributed by atoms with Gasteiger partial charge in [0, 0.05) is 6.08 Å². The second kappa shape index (κ2) is 10.0. The van der Waals surface area contributed by atoms with Gasteiger partial charge < -0.3 is 9.47 Å². The highest BCUT2D eigenvalue weighted by Gasteiger charge is 2.09. The highest BCUT2D eigenvalue weighted by atomic mass is 32.1. The van der Waals surface area contributed by atoms with Crippen LogP contribution < -0.4 is 14.8 Å². The molecule has 0 bridgehead atoms. The number of para-hydroxylation sites is 1. The van der Waals surface area contributed by atoms with E-state index >= 15 is 0 Å². The summed E-state index contributed by atoms with van der Waals surface area (Å²) in [7, 11) is 1.58. The van der Waals surface area contributed by atoms with E-state index in [-0.39, 0.29) is 11.4 Å². The molecule has 3 aromatic rings. The van der Waals surface area contributed by atoms with E-state index in [0.717, 1.165) is 24.8 Å². The van der Waals surface area contributed by atoms with Crippen LogP contribution >= 0.6 is 11.3 Å². The Hall–Kier alpha value is -2.93. The maximum absolute atomic E-state index is 13.7. The minimum atomic E-state index is -0.404. The predicted octanol–water partition coefficient (Wildman–Crippen LogP) is 5.66. The summed E-state index contributed by atoms with van der Waals surface area (Å²) in [6.45, 7) is 2.79. The molecule has 3 rings (SSSR count). The van der Waals surface area contributed by atoms with Gasteiger partial charge in [0.15, 0.2) is 16.6 Å². The first-order chi connectivity index (χ1) is 14.1. The van der Waals surface area contributed by atoms with Crippen LogP contribution in [0.2, 0.25) is 0 Å². The predicted molar refractivity (Wildman–Crippen MR) is 115 cm³/mol. The van der Waals surface area contributed by atoms with Crippen molar-refractivity contribution in [3.63, 3.8) is 0 Å². The van der Waals surface area contributed by atoms with Gasteiger partial charge in [0.25, 0.3) is 0 Å². The van der Waals surface area contributed by atoms with Crippen molar-refractivity contribution >= 4 is 38.7 Å². The lowest BCUT2D eigenvalue weighted by atomic mass is 10.2. The third kappa shape index (κ3) is 5.54. The van der Waals surface area contributed by atoms with Crippen LogP contribution in [0, 0.1) is 5.82 Å². The molecule has 0 saturated heterocycles. The highest BCUT2D eigenvalue weighted by Crippen LogP contribution is 2.29. The first-order valence-corrected chi connectivity index (χ1v) is 10.3. The Kier molecular flexibility index (Phi) is 7.19. The fraction of sp³-hybridized carbons (Fsp3) is 0.273. The van der Waals surface area contributed by atoms with Crippen molar-refractivity contribution in [2.24, 2.45) is 0 Å². The smallest absolute Gasteiger partial charge is 0.250 e. The lowest BCUT2D eigenvalue weighted by molar-refractivity contribution is -0.111. The molecule has 0 radical (unpaired) electrons. The fourth-order valence-corrected chi connectivity index (χ4v) is 3.61. The SMILES string of the molecule is CCCCCOc1ccc(/C=C/C(=O)Nc2nc3c(F)cccc3s2)cc1OC. The summed E-state index contributed by atoms with van der Waals surface area (Å²) in [6, 6.07) is 10.2. The van der Waals surface area contributed by atoms with Crippen LogP contribution in [0.5, 0.6) is 11.5 Å². The number of halogens is 1. The van der Waals surface area contributed by atoms with Crippen molar-refractivity contribution in [3.8, 4) is 11.5 Å². The second-order valence-electron chi connectivity index (χ2n) is 6.39. The van der Waals surface area contributed by atoms with Crippen molar-refractivity contribution in [3.05, 3.63) is 53.9 Å². The van der Waals surface area contributed by atoms with E-state index in [0.29, 0.717) is 27.9 Å². The molecular formula is C22H23FN2O3S. The van der Waals surface area contributed by atoms with Gasteiger partial charge in [0.2, 0.25) is 5.91 Å². The number of aromatic nitrogens is 1. The Morgan fingerprint density at radius 2 is 2.10 bits per heavy atom. The number of methoxy groups -OCH3 is 1. The number of ether oxygens (including phenoxy) is 2.